The number of ether oxygens (including phenoxy) is 1. The number of β-amino-alcohol motifs (C(OH)–C–C–N with tert-alkyl or cyclic N) is 1. The molecule has 1 aliphatic heterocycles. The van der Waals surface area contributed by atoms with E-state index in [1.807, 2.05) is 0 Å². The molecule has 4 saturated carbocycles. The van der Waals surface area contributed by atoms with E-state index >= 15 is 0 Å². The molecule has 5 fully saturated rings. The van der Waals surface area contributed by atoms with E-state index in [-0.39, 0.29) is 22.2 Å². The summed E-state index contributed by atoms with van der Waals surface area (Å²) in [6.45, 7) is 5.14. The van der Waals surface area contributed by atoms with Gasteiger partial charge in [-0.2, -0.15) is 0 Å². The molecule has 4 nitrogen and oxygen atoms in total. The van der Waals surface area contributed by atoms with Crippen molar-refractivity contribution in [3.8, 4) is 0 Å². The zero-order chi connectivity index (χ0) is 20.8. The van der Waals surface area contributed by atoms with Gasteiger partial charge in [0.2, 0.25) is 0 Å². The number of aliphatic hydroxyl groups excluding tert-OH is 1. The van der Waals surface area contributed by atoms with Crippen LogP contribution in [0.1, 0.15) is 63.9 Å². The normalized spacial score (nSPS) is 42.4. The maximum absolute atomic E-state index is 13.9. The van der Waals surface area contributed by atoms with Gasteiger partial charge in [-0.1, -0.05) is 30.3 Å². The Labute approximate surface area is 180 Å². The highest BCUT2D eigenvalue weighted by atomic mass is 16.5. The number of rotatable bonds is 7. The van der Waals surface area contributed by atoms with Gasteiger partial charge >= 0.3 is 0 Å². The van der Waals surface area contributed by atoms with Crippen LogP contribution >= 0.6 is 0 Å². The summed E-state index contributed by atoms with van der Waals surface area (Å²) in [5, 5.41) is 13.7. The summed E-state index contributed by atoms with van der Waals surface area (Å²) in [5.41, 5.74) is 1.44. The number of carbonyl (C=O) groups is 1. The predicted molar refractivity (Wildman–Crippen MR) is 117 cm³/mol. The minimum absolute atomic E-state index is 0.111. The Bertz CT molecular complexity index is 782. The van der Waals surface area contributed by atoms with Gasteiger partial charge in [0.05, 0.1) is 12.7 Å². The number of benzene rings is 1. The number of hydrogen-bond donors (Lipinski definition) is 2. The first-order valence-electron chi connectivity index (χ1n) is 12.0. The second kappa shape index (κ2) is 7.72. The molecule has 1 aromatic carbocycles. The van der Waals surface area contributed by atoms with Gasteiger partial charge in [0.25, 0.3) is 0 Å². The van der Waals surface area contributed by atoms with Gasteiger partial charge in [-0.3, -0.25) is 4.79 Å². The van der Waals surface area contributed by atoms with E-state index in [2.05, 4.69) is 42.6 Å². The number of Topliss-reactive ketones (excluding diaryl/α,β-unsaturated/α-hetero) is 1. The minimum atomic E-state index is -0.392. The van der Waals surface area contributed by atoms with Crippen molar-refractivity contribution in [3.05, 3.63) is 35.9 Å². The molecular formula is C26H37NO3. The highest BCUT2D eigenvalue weighted by Crippen LogP contribution is 2.70. The van der Waals surface area contributed by atoms with Crippen LogP contribution in [0.2, 0.25) is 0 Å². The molecule has 30 heavy (non-hydrogen) atoms. The SMILES string of the molecule is CCOC[C@]12CC3CC(C(=O)C[C@@H]4CCNC[C@H]4O)(C1)C[C@@](c1ccccc1)(C3)C2. The molecule has 1 heterocycles. The molecule has 0 amide bonds. The number of carbonyl (C=O) groups excluding carboxylic acids is 1. The first-order chi connectivity index (χ1) is 14.5. The van der Waals surface area contributed by atoms with Crippen LogP contribution in [0.4, 0.5) is 0 Å². The third kappa shape index (κ3) is 3.45. The largest absolute Gasteiger partial charge is 0.392 e. The fourth-order valence-electron chi connectivity index (χ4n) is 8.13. The van der Waals surface area contributed by atoms with Crippen molar-refractivity contribution in [2.75, 3.05) is 26.3 Å². The molecule has 1 aromatic rings. The van der Waals surface area contributed by atoms with Crippen molar-refractivity contribution >= 4 is 5.78 Å². The average molecular weight is 412 g/mol. The minimum Gasteiger partial charge on any atom is -0.392 e. The van der Waals surface area contributed by atoms with E-state index < -0.39 is 6.10 Å². The molecule has 0 aromatic heterocycles. The standard InChI is InChI=1S/C26H37NO3/c1-2-30-18-24-11-19-12-25(15-24,21-6-4-3-5-7-21)17-26(13-19,16-24)23(29)10-20-8-9-27-14-22(20)28/h3-7,19-20,22,27-28H,2,8-18H2,1H3/t19?,20-,22+,24-,25+,26?/m0/s1. The Morgan fingerprint density at radius 2 is 2.00 bits per heavy atom. The van der Waals surface area contributed by atoms with Crippen LogP contribution in [0.3, 0.4) is 0 Å². The molecule has 6 atom stereocenters. The molecule has 1 saturated heterocycles. The summed E-state index contributed by atoms with van der Waals surface area (Å²) in [6, 6.07) is 11.0. The fourth-order valence-corrected chi connectivity index (χ4v) is 8.13. The zero-order valence-corrected chi connectivity index (χ0v) is 18.4. The van der Waals surface area contributed by atoms with E-state index in [9.17, 15) is 9.90 Å². The number of ketones is 1. The second-order valence-corrected chi connectivity index (χ2v) is 11.0. The van der Waals surface area contributed by atoms with Gasteiger partial charge in [-0.15, -0.1) is 0 Å². The van der Waals surface area contributed by atoms with Crippen LogP contribution in [-0.4, -0.2) is 43.3 Å². The summed E-state index contributed by atoms with van der Waals surface area (Å²) in [6.07, 6.45) is 7.69. The van der Waals surface area contributed by atoms with Crippen molar-refractivity contribution in [2.24, 2.45) is 22.7 Å². The van der Waals surface area contributed by atoms with Crippen molar-refractivity contribution in [3.63, 3.8) is 0 Å². The molecule has 5 aliphatic rings. The van der Waals surface area contributed by atoms with Crippen LogP contribution in [0, 0.1) is 22.7 Å². The quantitative estimate of drug-likeness (QED) is 0.715. The van der Waals surface area contributed by atoms with E-state index in [1.54, 1.807) is 0 Å². The van der Waals surface area contributed by atoms with Crippen molar-refractivity contribution < 1.29 is 14.6 Å². The topological polar surface area (TPSA) is 58.6 Å². The maximum Gasteiger partial charge on any atom is 0.139 e. The predicted octanol–water partition coefficient (Wildman–Crippen LogP) is 3.86. The van der Waals surface area contributed by atoms with Gasteiger partial charge < -0.3 is 15.2 Å². The number of aliphatic hydroxyl groups is 1. The van der Waals surface area contributed by atoms with E-state index in [0.29, 0.717) is 24.7 Å². The van der Waals surface area contributed by atoms with E-state index in [0.717, 1.165) is 51.9 Å². The van der Waals surface area contributed by atoms with Crippen LogP contribution in [0.25, 0.3) is 0 Å². The Morgan fingerprint density at radius 1 is 1.17 bits per heavy atom. The Kier molecular flexibility index (Phi) is 5.32. The van der Waals surface area contributed by atoms with E-state index in [1.165, 1.54) is 18.4 Å². The Balaban J connectivity index is 1.48. The molecule has 164 valence electrons. The number of hydrogen-bond acceptors (Lipinski definition) is 4. The number of piperidine rings is 1. The molecule has 4 heteroatoms. The highest BCUT2D eigenvalue weighted by molar-refractivity contribution is 5.86. The van der Waals surface area contributed by atoms with E-state index in [4.69, 9.17) is 4.74 Å². The maximum atomic E-state index is 13.9. The van der Waals surface area contributed by atoms with Crippen LogP contribution in [0.5, 0.6) is 0 Å². The smallest absolute Gasteiger partial charge is 0.139 e. The Hall–Kier alpha value is -1.23. The first kappa shape index (κ1) is 20.7. The first-order valence-corrected chi connectivity index (χ1v) is 12.0. The molecule has 0 spiro atoms. The summed E-state index contributed by atoms with van der Waals surface area (Å²) < 4.78 is 6.03. The third-order valence-corrected chi connectivity index (χ3v) is 8.81. The van der Waals surface area contributed by atoms with Gasteiger partial charge in [0.1, 0.15) is 5.78 Å². The monoisotopic (exact) mass is 411 g/mol. The summed E-state index contributed by atoms with van der Waals surface area (Å²) >= 11 is 0. The van der Waals surface area contributed by atoms with Crippen molar-refractivity contribution in [1.29, 1.82) is 0 Å². The molecule has 2 N–H and O–H groups in total. The van der Waals surface area contributed by atoms with Gasteiger partial charge in [0, 0.05) is 25.0 Å². The third-order valence-electron chi connectivity index (χ3n) is 8.81. The second-order valence-electron chi connectivity index (χ2n) is 11.0. The average Bonchev–Trinajstić information content (AvgIpc) is 2.74. The molecule has 4 bridgehead atoms. The number of nitrogens with one attached hydrogen (secondary N) is 1. The van der Waals surface area contributed by atoms with Crippen LogP contribution in [0.15, 0.2) is 30.3 Å². The lowest BCUT2D eigenvalue weighted by Crippen LogP contribution is -2.62. The van der Waals surface area contributed by atoms with Gasteiger partial charge in [-0.05, 0) is 86.6 Å². The van der Waals surface area contributed by atoms with Crippen molar-refractivity contribution in [2.45, 2.75) is 69.8 Å². The Morgan fingerprint density at radius 3 is 2.77 bits per heavy atom. The molecule has 6 rings (SSSR count). The fraction of sp³-hybridized carbons (Fsp3) is 0.731. The lowest BCUT2D eigenvalue weighted by molar-refractivity contribution is -0.171. The summed E-state index contributed by atoms with van der Waals surface area (Å²) in [5.74, 6) is 1.16. The van der Waals surface area contributed by atoms with Crippen molar-refractivity contribution in [1.82, 2.24) is 5.32 Å². The summed E-state index contributed by atoms with van der Waals surface area (Å²) in [7, 11) is 0. The molecule has 2 unspecified atom stereocenters. The van der Waals surface area contributed by atoms with Gasteiger partial charge in [0.15, 0.2) is 0 Å². The lowest BCUT2D eigenvalue weighted by Gasteiger charge is -2.66. The lowest BCUT2D eigenvalue weighted by atomic mass is 9.37. The van der Waals surface area contributed by atoms with Crippen LogP contribution < -0.4 is 5.32 Å². The summed E-state index contributed by atoms with van der Waals surface area (Å²) in [4.78, 5) is 13.9. The molecular weight excluding hydrogens is 374 g/mol. The molecule has 0 radical (unpaired) electrons. The van der Waals surface area contributed by atoms with Gasteiger partial charge in [-0.25, -0.2) is 0 Å². The highest BCUT2D eigenvalue weighted by Gasteiger charge is 2.65. The zero-order valence-electron chi connectivity index (χ0n) is 18.4. The van der Waals surface area contributed by atoms with Crippen LogP contribution in [-0.2, 0) is 14.9 Å². The molecule has 4 aliphatic carbocycles.